The normalized spacial score (nSPS) is 14.8. The number of carbonyl (C=O) groups excluding carboxylic acids is 1. The van der Waals surface area contributed by atoms with Gasteiger partial charge in [-0.1, -0.05) is 12.1 Å². The second-order valence-corrected chi connectivity index (χ2v) is 7.52. The second-order valence-electron chi connectivity index (χ2n) is 4.03. The number of aldehydes is 1. The number of carbonyl (C=O) groups is 1. The van der Waals surface area contributed by atoms with Gasteiger partial charge < -0.3 is 18.9 Å². The Balaban J connectivity index is 3.34. The van der Waals surface area contributed by atoms with Crippen LogP contribution < -0.4 is 0 Å². The molecule has 0 unspecified atom stereocenters. The summed E-state index contributed by atoms with van der Waals surface area (Å²) in [4.78, 5) is 10.9. The molecule has 1 aromatic carbocycles. The van der Waals surface area contributed by atoms with Gasteiger partial charge in [0.05, 0.1) is 13.2 Å². The molecule has 0 radical (unpaired) electrons. The highest BCUT2D eigenvalue weighted by atomic mass is 127. The van der Waals surface area contributed by atoms with E-state index in [0.29, 0.717) is 11.8 Å². The summed E-state index contributed by atoms with van der Waals surface area (Å²) in [7, 11) is -3.87. The van der Waals surface area contributed by atoms with Crippen LogP contribution in [-0.4, -0.2) is 24.6 Å². The largest absolute Gasteiger partial charge is 0.373 e. The number of benzene rings is 1. The fourth-order valence-corrected chi connectivity index (χ4v) is 4.12. The molecule has 0 aliphatic carbocycles. The zero-order valence-electron chi connectivity index (χ0n) is 11.4. The molecule has 0 spiro atoms. The first-order valence-electron chi connectivity index (χ1n) is 6.24. The van der Waals surface area contributed by atoms with Gasteiger partial charge in [-0.2, -0.15) is 0 Å². The summed E-state index contributed by atoms with van der Waals surface area (Å²) < 4.78 is 24.2. The van der Waals surface area contributed by atoms with Crippen molar-refractivity contribution in [3.05, 3.63) is 33.4 Å². The Hall–Kier alpha value is -0.270. The number of hydrogen-bond donors (Lipinski definition) is 1. The molecule has 0 aromatic heterocycles. The van der Waals surface area contributed by atoms with Crippen LogP contribution in [0.4, 0.5) is 0 Å². The molecule has 112 valence electrons. The van der Waals surface area contributed by atoms with Gasteiger partial charge in [0.2, 0.25) is 0 Å². The lowest BCUT2D eigenvalue weighted by Gasteiger charge is -2.33. The number of aliphatic hydroxyl groups is 1. The van der Waals surface area contributed by atoms with Crippen molar-refractivity contribution in [2.24, 2.45) is 0 Å². The molecule has 0 aliphatic heterocycles. The summed E-state index contributed by atoms with van der Waals surface area (Å²) in [6.45, 7) is 3.54. The van der Waals surface area contributed by atoms with Crippen LogP contribution in [0.3, 0.4) is 0 Å². The van der Waals surface area contributed by atoms with E-state index in [1.54, 1.807) is 38.1 Å². The summed E-state index contributed by atoms with van der Waals surface area (Å²) in [6, 6.07) is 6.76. The molecule has 1 atom stereocenters. The van der Waals surface area contributed by atoms with Crippen molar-refractivity contribution in [2.75, 3.05) is 13.2 Å². The first kappa shape index (κ1) is 17.8. The summed E-state index contributed by atoms with van der Waals surface area (Å²) in [5.41, 5.74) is 0.343. The minimum absolute atomic E-state index is 0.114. The molecular formula is C13H18IO5P. The van der Waals surface area contributed by atoms with Gasteiger partial charge >= 0.3 is 7.60 Å². The molecule has 0 bridgehead atoms. The Labute approximate surface area is 132 Å². The molecular weight excluding hydrogens is 394 g/mol. The summed E-state index contributed by atoms with van der Waals surface area (Å²) >= 11 is 2.12. The molecule has 0 heterocycles. The van der Waals surface area contributed by atoms with Crippen molar-refractivity contribution >= 4 is 36.5 Å². The topological polar surface area (TPSA) is 72.8 Å². The molecule has 1 N–H and O–H groups in total. The van der Waals surface area contributed by atoms with Crippen LogP contribution in [0, 0.1) is 3.57 Å². The lowest BCUT2D eigenvalue weighted by molar-refractivity contribution is -0.111. The third-order valence-corrected chi connectivity index (χ3v) is 5.99. The van der Waals surface area contributed by atoms with Crippen LogP contribution in [0.15, 0.2) is 24.3 Å². The van der Waals surface area contributed by atoms with Gasteiger partial charge in [-0.25, -0.2) is 0 Å². The Bertz CT molecular complexity index is 480. The van der Waals surface area contributed by atoms with Gasteiger partial charge in [0.25, 0.3) is 0 Å². The van der Waals surface area contributed by atoms with E-state index in [4.69, 9.17) is 9.05 Å². The molecule has 1 aromatic rings. The number of rotatable bonds is 8. The average Bonchev–Trinajstić information content (AvgIpc) is 2.40. The number of halogens is 1. The zero-order chi connectivity index (χ0) is 15.2. The maximum absolute atomic E-state index is 12.9. The molecule has 7 heteroatoms. The highest BCUT2D eigenvalue weighted by Crippen LogP contribution is 2.64. The summed E-state index contributed by atoms with van der Waals surface area (Å²) in [5, 5.41) is 8.84. The maximum atomic E-state index is 12.9. The van der Waals surface area contributed by atoms with Crippen molar-refractivity contribution in [3.8, 4) is 0 Å². The van der Waals surface area contributed by atoms with E-state index in [9.17, 15) is 14.5 Å². The van der Waals surface area contributed by atoms with Crippen molar-refractivity contribution in [1.29, 1.82) is 0 Å². The lowest BCUT2D eigenvalue weighted by atomic mass is 10.1. The SMILES string of the molecule is CCOP(=O)(OCC)[C@](O)(CC=O)c1ccc(I)cc1. The standard InChI is InChI=1S/C13H18IO5P/c1-3-18-20(17,19-4-2)13(16,9-10-15)11-5-7-12(14)8-6-11/h5-8,10,16H,3-4,9H2,1-2H3/t13-/m1/s1. The minimum atomic E-state index is -3.87. The molecule has 0 amide bonds. The maximum Gasteiger partial charge on any atom is 0.366 e. The van der Waals surface area contributed by atoms with E-state index in [-0.39, 0.29) is 19.6 Å². The third kappa shape index (κ3) is 3.68. The van der Waals surface area contributed by atoms with Gasteiger partial charge in [0, 0.05) is 9.99 Å². The van der Waals surface area contributed by atoms with Crippen LogP contribution in [0.2, 0.25) is 0 Å². The van der Waals surface area contributed by atoms with E-state index in [0.717, 1.165) is 3.57 Å². The van der Waals surface area contributed by atoms with Gasteiger partial charge in [0.1, 0.15) is 6.29 Å². The molecule has 20 heavy (non-hydrogen) atoms. The quantitative estimate of drug-likeness (QED) is 0.403. The smallest absolute Gasteiger partial charge is 0.366 e. The second kappa shape index (κ2) is 7.66. The van der Waals surface area contributed by atoms with Crippen molar-refractivity contribution in [1.82, 2.24) is 0 Å². The van der Waals surface area contributed by atoms with Gasteiger partial charge in [-0.15, -0.1) is 0 Å². The third-order valence-electron chi connectivity index (χ3n) is 2.73. The Kier molecular flexibility index (Phi) is 6.81. The Morgan fingerprint density at radius 2 is 1.75 bits per heavy atom. The van der Waals surface area contributed by atoms with Crippen molar-refractivity contribution in [2.45, 2.75) is 25.6 Å². The van der Waals surface area contributed by atoms with E-state index >= 15 is 0 Å². The van der Waals surface area contributed by atoms with Crippen molar-refractivity contribution in [3.63, 3.8) is 0 Å². The van der Waals surface area contributed by atoms with E-state index in [1.165, 1.54) is 0 Å². The highest BCUT2D eigenvalue weighted by molar-refractivity contribution is 14.1. The predicted molar refractivity (Wildman–Crippen MR) is 84.6 cm³/mol. The molecule has 1 rings (SSSR count). The monoisotopic (exact) mass is 412 g/mol. The Morgan fingerprint density at radius 3 is 2.15 bits per heavy atom. The first-order valence-corrected chi connectivity index (χ1v) is 8.87. The molecule has 0 saturated carbocycles. The molecule has 0 aliphatic rings. The van der Waals surface area contributed by atoms with E-state index in [1.807, 2.05) is 0 Å². The van der Waals surface area contributed by atoms with Gasteiger partial charge in [-0.3, -0.25) is 4.57 Å². The lowest BCUT2D eigenvalue weighted by Crippen LogP contribution is -2.29. The minimum Gasteiger partial charge on any atom is -0.373 e. The average molecular weight is 412 g/mol. The molecule has 0 saturated heterocycles. The highest BCUT2D eigenvalue weighted by Gasteiger charge is 2.50. The van der Waals surface area contributed by atoms with E-state index < -0.39 is 12.9 Å². The van der Waals surface area contributed by atoms with Crippen LogP contribution in [-0.2, 0) is 23.7 Å². The van der Waals surface area contributed by atoms with Crippen LogP contribution >= 0.6 is 30.2 Å². The van der Waals surface area contributed by atoms with Gasteiger partial charge in [0.15, 0.2) is 5.34 Å². The molecule has 5 nitrogen and oxygen atoms in total. The fraction of sp³-hybridized carbons (Fsp3) is 0.462. The van der Waals surface area contributed by atoms with Gasteiger partial charge in [-0.05, 0) is 54.1 Å². The van der Waals surface area contributed by atoms with E-state index in [2.05, 4.69) is 22.6 Å². The number of hydrogen-bond acceptors (Lipinski definition) is 5. The van der Waals surface area contributed by atoms with Crippen LogP contribution in [0.1, 0.15) is 25.8 Å². The molecule has 0 fully saturated rings. The predicted octanol–water partition coefficient (Wildman–Crippen LogP) is 3.29. The zero-order valence-corrected chi connectivity index (χ0v) is 14.5. The Morgan fingerprint density at radius 1 is 1.25 bits per heavy atom. The summed E-state index contributed by atoms with van der Waals surface area (Å²) in [5.74, 6) is 0. The van der Waals surface area contributed by atoms with Crippen LogP contribution in [0.5, 0.6) is 0 Å². The van der Waals surface area contributed by atoms with Crippen molar-refractivity contribution < 1.29 is 23.5 Å². The summed E-state index contributed by atoms with van der Waals surface area (Å²) in [6.07, 6.45) is 0.160. The first-order chi connectivity index (χ1) is 9.43. The fourth-order valence-electron chi connectivity index (χ4n) is 1.81. The van der Waals surface area contributed by atoms with Crippen LogP contribution in [0.25, 0.3) is 0 Å².